The molecular weight excluding hydrogens is 192 g/mol. The summed E-state index contributed by atoms with van der Waals surface area (Å²) in [5.41, 5.74) is 6.31. The minimum Gasteiger partial charge on any atom is -0.508 e. The molecule has 1 aromatic carbocycles. The van der Waals surface area contributed by atoms with Gasteiger partial charge in [0.25, 0.3) is 0 Å². The van der Waals surface area contributed by atoms with E-state index in [1.807, 2.05) is 12.1 Å². The maximum atomic E-state index is 9.58. The molecule has 1 aliphatic rings. The summed E-state index contributed by atoms with van der Waals surface area (Å²) in [6, 6.07) is 7.36. The number of phenolic OH excluding ortho intramolecular Hbond substituents is 1. The summed E-state index contributed by atoms with van der Waals surface area (Å²) < 4.78 is 5.27. The molecule has 3 N–H and O–H groups in total. The molecule has 1 heterocycles. The maximum absolute atomic E-state index is 9.58. The Morgan fingerprint density at radius 2 is 2.27 bits per heavy atom. The lowest BCUT2D eigenvalue weighted by Gasteiger charge is -2.06. The van der Waals surface area contributed by atoms with E-state index in [9.17, 15) is 5.11 Å². The van der Waals surface area contributed by atoms with Gasteiger partial charge in [-0.3, -0.25) is 0 Å². The number of hydrogen-bond acceptors (Lipinski definition) is 4. The molecule has 4 nitrogen and oxygen atoms in total. The van der Waals surface area contributed by atoms with Gasteiger partial charge < -0.3 is 15.6 Å². The van der Waals surface area contributed by atoms with Crippen LogP contribution in [0.2, 0.25) is 0 Å². The van der Waals surface area contributed by atoms with Crippen LogP contribution in [0, 0.1) is 0 Å². The third-order valence-corrected chi connectivity index (χ3v) is 2.39. The summed E-state index contributed by atoms with van der Waals surface area (Å²) >= 11 is 0. The van der Waals surface area contributed by atoms with Crippen LogP contribution in [-0.4, -0.2) is 30.2 Å². The van der Waals surface area contributed by atoms with Gasteiger partial charge in [-0.2, -0.15) is 0 Å². The smallest absolute Gasteiger partial charge is 0.197 e. The van der Waals surface area contributed by atoms with Gasteiger partial charge in [0.05, 0.1) is 12.6 Å². The second-order valence-corrected chi connectivity index (χ2v) is 3.52. The fourth-order valence-corrected chi connectivity index (χ4v) is 1.62. The van der Waals surface area contributed by atoms with Gasteiger partial charge in [0, 0.05) is 6.42 Å². The van der Waals surface area contributed by atoms with Gasteiger partial charge >= 0.3 is 0 Å². The van der Waals surface area contributed by atoms with Crippen molar-refractivity contribution >= 4 is 5.90 Å². The number of nitrogens with zero attached hydrogens (tertiary/aromatic N) is 1. The lowest BCUT2D eigenvalue weighted by molar-refractivity contribution is 0.311. The first-order chi connectivity index (χ1) is 7.29. The molecule has 15 heavy (non-hydrogen) atoms. The highest BCUT2D eigenvalue weighted by molar-refractivity contribution is 5.79. The average molecular weight is 206 g/mol. The van der Waals surface area contributed by atoms with E-state index in [0.717, 1.165) is 5.56 Å². The summed E-state index contributed by atoms with van der Waals surface area (Å²) in [5, 5.41) is 9.58. The topological polar surface area (TPSA) is 67.8 Å². The van der Waals surface area contributed by atoms with Crippen LogP contribution in [0.5, 0.6) is 5.75 Å². The van der Waals surface area contributed by atoms with Gasteiger partial charge in [0.1, 0.15) is 12.4 Å². The fourth-order valence-electron chi connectivity index (χ4n) is 1.62. The number of rotatable bonds is 3. The fraction of sp³-hybridized carbons (Fsp3) is 0.364. The molecule has 0 fully saturated rings. The Kier molecular flexibility index (Phi) is 2.87. The largest absolute Gasteiger partial charge is 0.508 e. The van der Waals surface area contributed by atoms with Crippen LogP contribution < -0.4 is 5.73 Å². The van der Waals surface area contributed by atoms with Crippen molar-refractivity contribution in [2.45, 2.75) is 12.5 Å². The van der Waals surface area contributed by atoms with E-state index >= 15 is 0 Å². The third-order valence-electron chi connectivity index (χ3n) is 2.39. The summed E-state index contributed by atoms with van der Waals surface area (Å²) in [6.07, 6.45) is 0.691. The molecule has 0 saturated heterocycles. The normalized spacial score (nSPS) is 19.8. The Bertz CT molecular complexity index is 377. The number of aliphatic imine (C=N–C) groups is 1. The van der Waals surface area contributed by atoms with Crippen LogP contribution in [-0.2, 0) is 11.2 Å². The summed E-state index contributed by atoms with van der Waals surface area (Å²) in [4.78, 5) is 4.30. The molecule has 2 rings (SSSR count). The molecule has 0 spiro atoms. The van der Waals surface area contributed by atoms with Crippen molar-refractivity contribution < 1.29 is 9.84 Å². The average Bonchev–Trinajstić information content (AvgIpc) is 2.69. The van der Waals surface area contributed by atoms with Crippen molar-refractivity contribution in [3.05, 3.63) is 29.8 Å². The predicted molar refractivity (Wildman–Crippen MR) is 58.0 cm³/mol. The zero-order valence-corrected chi connectivity index (χ0v) is 8.39. The maximum Gasteiger partial charge on any atom is 0.197 e. The van der Waals surface area contributed by atoms with E-state index in [4.69, 9.17) is 10.5 Å². The molecule has 1 aromatic rings. The molecule has 80 valence electrons. The number of aromatic hydroxyl groups is 1. The molecule has 1 aliphatic heterocycles. The number of ether oxygens (including phenoxy) is 1. The van der Waals surface area contributed by atoms with Crippen molar-refractivity contribution in [3.63, 3.8) is 0 Å². The third kappa shape index (κ3) is 2.27. The standard InChI is InChI=1S/C11H14N2O2/c12-6-11-13-9(7-15-11)5-8-3-1-2-4-10(8)14/h1-4,9,14H,5-7,12H2. The molecule has 0 aromatic heterocycles. The second-order valence-electron chi connectivity index (χ2n) is 3.52. The number of phenols is 1. The molecule has 0 radical (unpaired) electrons. The number of nitrogens with two attached hydrogens (primary N) is 1. The minimum absolute atomic E-state index is 0.0804. The number of para-hydroxylation sites is 1. The Labute approximate surface area is 88.4 Å². The highest BCUT2D eigenvalue weighted by atomic mass is 16.5. The molecule has 0 bridgehead atoms. The van der Waals surface area contributed by atoms with Crippen molar-refractivity contribution in [2.75, 3.05) is 13.2 Å². The van der Waals surface area contributed by atoms with Crippen molar-refractivity contribution in [1.29, 1.82) is 0 Å². The zero-order valence-electron chi connectivity index (χ0n) is 8.39. The van der Waals surface area contributed by atoms with Crippen LogP contribution in [0.25, 0.3) is 0 Å². The SMILES string of the molecule is NCC1=NC(Cc2ccccc2O)CO1. The van der Waals surface area contributed by atoms with Gasteiger partial charge in [-0.1, -0.05) is 18.2 Å². The molecule has 1 unspecified atom stereocenters. The van der Waals surface area contributed by atoms with E-state index in [2.05, 4.69) is 4.99 Å². The summed E-state index contributed by atoms with van der Waals surface area (Å²) in [7, 11) is 0. The van der Waals surface area contributed by atoms with Crippen molar-refractivity contribution in [2.24, 2.45) is 10.7 Å². The van der Waals surface area contributed by atoms with Crippen LogP contribution >= 0.6 is 0 Å². The molecule has 1 atom stereocenters. The van der Waals surface area contributed by atoms with E-state index < -0.39 is 0 Å². The Morgan fingerprint density at radius 1 is 1.47 bits per heavy atom. The molecule has 0 saturated carbocycles. The van der Waals surface area contributed by atoms with Gasteiger partial charge in [-0.15, -0.1) is 0 Å². The first-order valence-corrected chi connectivity index (χ1v) is 4.96. The summed E-state index contributed by atoms with van der Waals surface area (Å²) in [6.45, 7) is 0.901. The van der Waals surface area contributed by atoms with Gasteiger partial charge in [-0.05, 0) is 11.6 Å². The Hall–Kier alpha value is -1.55. The second kappa shape index (κ2) is 4.31. The molecule has 4 heteroatoms. The minimum atomic E-state index is 0.0804. The van der Waals surface area contributed by atoms with Crippen LogP contribution in [0.1, 0.15) is 5.56 Å². The lowest BCUT2D eigenvalue weighted by Crippen LogP contribution is -2.13. The number of hydrogen-bond donors (Lipinski definition) is 2. The first-order valence-electron chi connectivity index (χ1n) is 4.96. The van der Waals surface area contributed by atoms with E-state index in [0.29, 0.717) is 31.2 Å². The molecular formula is C11H14N2O2. The quantitative estimate of drug-likeness (QED) is 0.764. The van der Waals surface area contributed by atoms with Crippen molar-refractivity contribution in [3.8, 4) is 5.75 Å². The monoisotopic (exact) mass is 206 g/mol. The molecule has 0 aliphatic carbocycles. The Morgan fingerprint density at radius 3 is 2.93 bits per heavy atom. The van der Waals surface area contributed by atoms with Gasteiger partial charge in [-0.25, -0.2) is 4.99 Å². The van der Waals surface area contributed by atoms with E-state index in [1.54, 1.807) is 12.1 Å². The van der Waals surface area contributed by atoms with E-state index in [1.165, 1.54) is 0 Å². The van der Waals surface area contributed by atoms with Gasteiger partial charge in [0.2, 0.25) is 0 Å². The highest BCUT2D eigenvalue weighted by Gasteiger charge is 2.18. The van der Waals surface area contributed by atoms with Crippen LogP contribution in [0.4, 0.5) is 0 Å². The van der Waals surface area contributed by atoms with Crippen LogP contribution in [0.3, 0.4) is 0 Å². The highest BCUT2D eigenvalue weighted by Crippen LogP contribution is 2.20. The van der Waals surface area contributed by atoms with Crippen LogP contribution in [0.15, 0.2) is 29.3 Å². The zero-order chi connectivity index (χ0) is 10.7. The molecule has 0 amide bonds. The first kappa shape index (κ1) is 9.98. The lowest BCUT2D eigenvalue weighted by atomic mass is 10.1. The number of benzene rings is 1. The predicted octanol–water partition coefficient (Wildman–Crippen LogP) is 0.691. The van der Waals surface area contributed by atoms with E-state index in [-0.39, 0.29) is 6.04 Å². The van der Waals surface area contributed by atoms with Gasteiger partial charge in [0.15, 0.2) is 5.90 Å². The Balaban J connectivity index is 2.04. The van der Waals surface area contributed by atoms with Crippen molar-refractivity contribution in [1.82, 2.24) is 0 Å². The summed E-state index contributed by atoms with van der Waals surface area (Å²) in [5.74, 6) is 0.921.